The first-order chi connectivity index (χ1) is 9.26. The molecule has 4 heteroatoms. The van der Waals surface area contributed by atoms with E-state index in [2.05, 4.69) is 12.0 Å². The van der Waals surface area contributed by atoms with E-state index >= 15 is 0 Å². The largest absolute Gasteiger partial charge is 0.381 e. The van der Waals surface area contributed by atoms with Crippen LogP contribution in [0.3, 0.4) is 0 Å². The zero-order valence-corrected chi connectivity index (χ0v) is 11.6. The minimum absolute atomic E-state index is 0.181. The average Bonchev–Trinajstić information content (AvgIpc) is 2.77. The minimum Gasteiger partial charge on any atom is -0.381 e. The molecule has 0 unspecified atom stereocenters. The number of ether oxygens (including phenoxy) is 1. The number of nitrogens with zero attached hydrogens (tertiary/aromatic N) is 2. The minimum atomic E-state index is 0.181. The van der Waals surface area contributed by atoms with Crippen molar-refractivity contribution in [3.63, 3.8) is 0 Å². The van der Waals surface area contributed by atoms with Crippen molar-refractivity contribution < 1.29 is 9.53 Å². The number of rotatable bonds is 7. The van der Waals surface area contributed by atoms with Crippen LogP contribution < -0.4 is 0 Å². The highest BCUT2D eigenvalue weighted by Crippen LogP contribution is 2.19. The molecule has 19 heavy (non-hydrogen) atoms. The van der Waals surface area contributed by atoms with Gasteiger partial charge in [-0.15, -0.1) is 0 Å². The molecule has 0 spiro atoms. The highest BCUT2D eigenvalue weighted by molar-refractivity contribution is 5.88. The molecule has 0 N–H and O–H groups in total. The van der Waals surface area contributed by atoms with Crippen LogP contribution in [0.15, 0.2) is 24.3 Å². The third-order valence-electron chi connectivity index (χ3n) is 3.13. The van der Waals surface area contributed by atoms with Crippen molar-refractivity contribution in [2.75, 3.05) is 13.2 Å². The molecule has 1 heterocycles. The van der Waals surface area contributed by atoms with Crippen molar-refractivity contribution in [3.05, 3.63) is 30.0 Å². The molecule has 0 radical (unpaired) electrons. The Morgan fingerprint density at radius 3 is 2.84 bits per heavy atom. The maximum absolute atomic E-state index is 11.9. The summed E-state index contributed by atoms with van der Waals surface area (Å²) in [5, 5.41) is 5.61. The van der Waals surface area contributed by atoms with Gasteiger partial charge in [0.05, 0.1) is 24.2 Å². The molecule has 2 aromatic rings. The van der Waals surface area contributed by atoms with Crippen LogP contribution in [0, 0.1) is 0 Å². The summed E-state index contributed by atoms with van der Waals surface area (Å²) in [7, 11) is 0. The van der Waals surface area contributed by atoms with Gasteiger partial charge < -0.3 is 4.74 Å². The van der Waals surface area contributed by atoms with Gasteiger partial charge in [0, 0.05) is 25.0 Å². The first kappa shape index (κ1) is 13.7. The molecule has 0 bridgehead atoms. The molecule has 0 fully saturated rings. The summed E-state index contributed by atoms with van der Waals surface area (Å²) >= 11 is 0. The topological polar surface area (TPSA) is 44.1 Å². The summed E-state index contributed by atoms with van der Waals surface area (Å²) in [5.74, 6) is 0.181. The number of benzene rings is 1. The van der Waals surface area contributed by atoms with Crippen molar-refractivity contribution in [2.45, 2.75) is 33.2 Å². The summed E-state index contributed by atoms with van der Waals surface area (Å²) in [4.78, 5) is 11.9. The maximum atomic E-state index is 11.9. The number of carbonyl (C=O) groups is 1. The van der Waals surface area contributed by atoms with E-state index in [0.717, 1.165) is 23.1 Å². The second-order valence-electron chi connectivity index (χ2n) is 4.44. The third-order valence-corrected chi connectivity index (χ3v) is 3.13. The van der Waals surface area contributed by atoms with E-state index < -0.39 is 0 Å². The van der Waals surface area contributed by atoms with Gasteiger partial charge in [0.25, 0.3) is 0 Å². The Morgan fingerprint density at radius 1 is 1.32 bits per heavy atom. The molecule has 0 aliphatic carbocycles. The van der Waals surface area contributed by atoms with E-state index in [0.29, 0.717) is 26.1 Å². The second-order valence-corrected chi connectivity index (χ2v) is 4.44. The summed E-state index contributed by atoms with van der Waals surface area (Å²) in [6.45, 7) is 5.96. The lowest BCUT2D eigenvalue weighted by Crippen LogP contribution is -2.08. The van der Waals surface area contributed by atoms with Crippen LogP contribution in [0.5, 0.6) is 0 Å². The van der Waals surface area contributed by atoms with Gasteiger partial charge in [-0.25, -0.2) is 0 Å². The number of aryl methyl sites for hydroxylation is 1. The van der Waals surface area contributed by atoms with Crippen LogP contribution >= 0.6 is 0 Å². The fourth-order valence-corrected chi connectivity index (χ4v) is 2.17. The van der Waals surface area contributed by atoms with Gasteiger partial charge in [-0.1, -0.05) is 18.2 Å². The second kappa shape index (κ2) is 6.48. The SMILES string of the molecule is CCOCCC(=O)Cc1nn(CC)c2ccccc12. The number of carbonyl (C=O) groups excluding carboxylic acids is 1. The molecule has 0 saturated carbocycles. The van der Waals surface area contributed by atoms with Crippen LogP contribution in [0.1, 0.15) is 26.0 Å². The van der Waals surface area contributed by atoms with Crippen molar-refractivity contribution in [2.24, 2.45) is 0 Å². The van der Waals surface area contributed by atoms with E-state index in [1.165, 1.54) is 0 Å². The van der Waals surface area contributed by atoms with Gasteiger partial charge in [-0.3, -0.25) is 9.48 Å². The number of hydrogen-bond donors (Lipinski definition) is 0. The molecule has 0 aliphatic rings. The maximum Gasteiger partial charge on any atom is 0.141 e. The Labute approximate surface area is 113 Å². The van der Waals surface area contributed by atoms with Gasteiger partial charge >= 0.3 is 0 Å². The van der Waals surface area contributed by atoms with Gasteiger partial charge in [-0.05, 0) is 19.9 Å². The van der Waals surface area contributed by atoms with Crippen LogP contribution in [-0.2, 0) is 22.5 Å². The first-order valence-electron chi connectivity index (χ1n) is 6.80. The lowest BCUT2D eigenvalue weighted by atomic mass is 10.1. The molecule has 0 amide bonds. The molecular formula is C15H20N2O2. The van der Waals surface area contributed by atoms with E-state index in [-0.39, 0.29) is 5.78 Å². The molecule has 4 nitrogen and oxygen atoms in total. The number of aromatic nitrogens is 2. The summed E-state index contributed by atoms with van der Waals surface area (Å²) in [6, 6.07) is 8.05. The number of fused-ring (bicyclic) bond motifs is 1. The van der Waals surface area contributed by atoms with Crippen molar-refractivity contribution in [1.82, 2.24) is 9.78 Å². The molecule has 0 aliphatic heterocycles. The Kier molecular flexibility index (Phi) is 4.68. The Bertz CT molecular complexity index is 560. The fourth-order valence-electron chi connectivity index (χ4n) is 2.17. The van der Waals surface area contributed by atoms with Gasteiger partial charge in [0.15, 0.2) is 0 Å². The predicted molar refractivity (Wildman–Crippen MR) is 75.2 cm³/mol. The summed E-state index contributed by atoms with van der Waals surface area (Å²) in [5.41, 5.74) is 1.97. The lowest BCUT2D eigenvalue weighted by Gasteiger charge is -2.00. The molecular weight excluding hydrogens is 240 g/mol. The van der Waals surface area contributed by atoms with Crippen LogP contribution in [-0.4, -0.2) is 28.8 Å². The van der Waals surface area contributed by atoms with Gasteiger partial charge in [-0.2, -0.15) is 5.10 Å². The molecule has 102 valence electrons. The highest BCUT2D eigenvalue weighted by Gasteiger charge is 2.12. The van der Waals surface area contributed by atoms with Crippen molar-refractivity contribution >= 4 is 16.7 Å². The van der Waals surface area contributed by atoms with Crippen LogP contribution in [0.4, 0.5) is 0 Å². The number of hydrogen-bond acceptors (Lipinski definition) is 3. The molecule has 2 rings (SSSR count). The van der Waals surface area contributed by atoms with Gasteiger partial charge in [0.1, 0.15) is 5.78 Å². The average molecular weight is 260 g/mol. The Morgan fingerprint density at radius 2 is 2.11 bits per heavy atom. The van der Waals surface area contributed by atoms with Crippen LogP contribution in [0.2, 0.25) is 0 Å². The monoisotopic (exact) mass is 260 g/mol. The third kappa shape index (κ3) is 3.20. The molecule has 1 aromatic heterocycles. The number of Topliss-reactive ketones (excluding diaryl/α,β-unsaturated/α-hetero) is 1. The zero-order chi connectivity index (χ0) is 13.7. The number of ketones is 1. The standard InChI is InChI=1S/C15H20N2O2/c1-3-17-15-8-6-5-7-13(15)14(16-17)11-12(18)9-10-19-4-2/h5-8H,3-4,9-11H2,1-2H3. The quantitative estimate of drug-likeness (QED) is 0.719. The lowest BCUT2D eigenvalue weighted by molar-refractivity contribution is -0.119. The van der Waals surface area contributed by atoms with Gasteiger partial charge in [0.2, 0.25) is 0 Å². The first-order valence-corrected chi connectivity index (χ1v) is 6.80. The summed E-state index contributed by atoms with van der Waals surface area (Å²) in [6.07, 6.45) is 0.849. The van der Waals surface area contributed by atoms with E-state index in [9.17, 15) is 4.79 Å². The van der Waals surface area contributed by atoms with Crippen LogP contribution in [0.25, 0.3) is 10.9 Å². The Hall–Kier alpha value is -1.68. The van der Waals surface area contributed by atoms with E-state index in [1.54, 1.807) is 0 Å². The number of para-hydroxylation sites is 1. The Balaban J connectivity index is 2.14. The van der Waals surface area contributed by atoms with E-state index in [1.807, 2.05) is 35.9 Å². The molecule has 0 saturated heterocycles. The summed E-state index contributed by atoms with van der Waals surface area (Å²) < 4.78 is 7.15. The smallest absolute Gasteiger partial charge is 0.141 e. The predicted octanol–water partition coefficient (Wildman–Crippen LogP) is 2.59. The molecule has 0 atom stereocenters. The van der Waals surface area contributed by atoms with E-state index in [4.69, 9.17) is 4.74 Å². The normalized spacial score (nSPS) is 11.1. The molecule has 1 aromatic carbocycles. The van der Waals surface area contributed by atoms with Crippen molar-refractivity contribution in [3.8, 4) is 0 Å². The fraction of sp³-hybridized carbons (Fsp3) is 0.467. The zero-order valence-electron chi connectivity index (χ0n) is 11.6. The highest BCUT2D eigenvalue weighted by atomic mass is 16.5. The van der Waals surface area contributed by atoms with Crippen molar-refractivity contribution in [1.29, 1.82) is 0 Å².